The number of rotatable bonds is 4. The lowest BCUT2D eigenvalue weighted by molar-refractivity contribution is 0.171. The number of nitrogens with one attached hydrogen (secondary N) is 3. The number of urea groups is 1. The van der Waals surface area contributed by atoms with Crippen LogP contribution in [0.4, 0.5) is 16.2 Å². The average molecular weight is 370 g/mol. The summed E-state index contributed by atoms with van der Waals surface area (Å²) in [5.41, 5.74) is 0.711. The standard InChI is InChI=1S/C17H18N6O4/c1-2-3-11-14(15(24)23-16(21-11)18-9-19-23)22-17(25)20-10-4-5-12-13(8-10)27-7-6-26-12/h4-5,8-9H,2-3,6-7H2,1H3,(H,18,19,21)(H2,20,22,25). The fourth-order valence-corrected chi connectivity index (χ4v) is 2.84. The summed E-state index contributed by atoms with van der Waals surface area (Å²) >= 11 is 0. The smallest absolute Gasteiger partial charge is 0.323 e. The molecule has 0 fully saturated rings. The molecule has 0 radical (unpaired) electrons. The Kier molecular flexibility index (Phi) is 4.37. The number of aryl methyl sites for hydroxylation is 1. The molecule has 27 heavy (non-hydrogen) atoms. The zero-order chi connectivity index (χ0) is 18.8. The maximum Gasteiger partial charge on any atom is 0.323 e. The molecule has 10 nitrogen and oxygen atoms in total. The molecule has 4 rings (SSSR count). The fourth-order valence-electron chi connectivity index (χ4n) is 2.84. The molecule has 0 spiro atoms. The highest BCUT2D eigenvalue weighted by atomic mass is 16.6. The van der Waals surface area contributed by atoms with E-state index in [1.54, 1.807) is 18.2 Å². The van der Waals surface area contributed by atoms with Crippen molar-refractivity contribution in [1.82, 2.24) is 19.6 Å². The summed E-state index contributed by atoms with van der Waals surface area (Å²) in [6.07, 6.45) is 2.68. The minimum absolute atomic E-state index is 0.119. The molecular formula is C17H18N6O4. The Labute approximate surface area is 153 Å². The van der Waals surface area contributed by atoms with Crippen molar-refractivity contribution in [2.45, 2.75) is 19.8 Å². The van der Waals surface area contributed by atoms with Crippen molar-refractivity contribution in [1.29, 1.82) is 0 Å². The predicted octanol–water partition coefficient (Wildman–Crippen LogP) is 1.79. The van der Waals surface area contributed by atoms with Gasteiger partial charge >= 0.3 is 6.03 Å². The lowest BCUT2D eigenvalue weighted by Crippen LogP contribution is -2.28. The van der Waals surface area contributed by atoms with Gasteiger partial charge in [0, 0.05) is 11.8 Å². The Balaban J connectivity index is 1.58. The third-order valence-electron chi connectivity index (χ3n) is 4.03. The van der Waals surface area contributed by atoms with Gasteiger partial charge in [0.05, 0.1) is 5.69 Å². The first-order valence-corrected chi connectivity index (χ1v) is 8.58. The van der Waals surface area contributed by atoms with Gasteiger partial charge in [0.25, 0.3) is 11.3 Å². The van der Waals surface area contributed by atoms with E-state index in [-0.39, 0.29) is 11.5 Å². The summed E-state index contributed by atoms with van der Waals surface area (Å²) in [7, 11) is 0. The lowest BCUT2D eigenvalue weighted by Gasteiger charge is -2.19. The van der Waals surface area contributed by atoms with Crippen LogP contribution >= 0.6 is 0 Å². The number of aromatic amines is 1. The van der Waals surface area contributed by atoms with E-state index < -0.39 is 11.6 Å². The minimum atomic E-state index is -0.553. The maximum atomic E-state index is 12.6. The summed E-state index contributed by atoms with van der Waals surface area (Å²) in [5, 5.41) is 7.98. The van der Waals surface area contributed by atoms with Crippen LogP contribution in [0, 0.1) is 0 Å². The Morgan fingerprint density at radius 1 is 1.26 bits per heavy atom. The van der Waals surface area contributed by atoms with Crippen LogP contribution in [-0.4, -0.2) is 38.8 Å². The van der Waals surface area contributed by atoms with Crippen LogP contribution < -0.4 is 25.7 Å². The number of hydrogen-bond donors (Lipinski definition) is 3. The molecule has 0 saturated heterocycles. The third-order valence-corrected chi connectivity index (χ3v) is 4.03. The van der Waals surface area contributed by atoms with Crippen LogP contribution in [0.15, 0.2) is 29.3 Å². The summed E-state index contributed by atoms with van der Waals surface area (Å²) in [4.78, 5) is 33.4. The third kappa shape index (κ3) is 3.28. The van der Waals surface area contributed by atoms with Crippen molar-refractivity contribution in [3.8, 4) is 11.5 Å². The Morgan fingerprint density at radius 2 is 2.07 bits per heavy atom. The second-order valence-electron chi connectivity index (χ2n) is 5.95. The molecule has 1 aromatic carbocycles. The number of nitrogens with zero attached hydrogens (tertiary/aromatic N) is 3. The molecule has 2 amide bonds. The van der Waals surface area contributed by atoms with Gasteiger partial charge in [-0.25, -0.2) is 14.8 Å². The summed E-state index contributed by atoms with van der Waals surface area (Å²) in [6.45, 7) is 2.91. The fraction of sp³-hybridized carbons (Fsp3) is 0.294. The molecule has 3 heterocycles. The van der Waals surface area contributed by atoms with Crippen molar-refractivity contribution in [3.63, 3.8) is 0 Å². The number of carbonyl (C=O) groups is 1. The topological polar surface area (TPSA) is 123 Å². The summed E-state index contributed by atoms with van der Waals surface area (Å²) < 4.78 is 12.1. The largest absolute Gasteiger partial charge is 0.486 e. The number of benzene rings is 1. The van der Waals surface area contributed by atoms with Gasteiger partial charge in [-0.1, -0.05) is 13.3 Å². The normalized spacial score (nSPS) is 12.8. The highest BCUT2D eigenvalue weighted by molar-refractivity contribution is 6.00. The first-order chi connectivity index (χ1) is 13.2. The quantitative estimate of drug-likeness (QED) is 0.643. The number of aromatic nitrogens is 4. The van der Waals surface area contributed by atoms with Crippen LogP contribution in [0.1, 0.15) is 19.0 Å². The predicted molar refractivity (Wildman–Crippen MR) is 97.7 cm³/mol. The summed E-state index contributed by atoms with van der Waals surface area (Å²) in [5.74, 6) is 1.46. The van der Waals surface area contributed by atoms with Crippen molar-refractivity contribution in [2.24, 2.45) is 0 Å². The molecule has 0 bridgehead atoms. The maximum absolute atomic E-state index is 12.6. The lowest BCUT2D eigenvalue weighted by atomic mass is 10.2. The average Bonchev–Trinajstić information content (AvgIpc) is 3.14. The first-order valence-electron chi connectivity index (χ1n) is 8.58. The zero-order valence-electron chi connectivity index (χ0n) is 14.6. The Bertz CT molecular complexity index is 1060. The van der Waals surface area contributed by atoms with Gasteiger partial charge in [-0.3, -0.25) is 9.89 Å². The first kappa shape index (κ1) is 16.9. The van der Waals surface area contributed by atoms with E-state index in [1.807, 2.05) is 6.92 Å². The number of amides is 2. The molecule has 140 valence electrons. The van der Waals surface area contributed by atoms with E-state index in [1.165, 1.54) is 10.8 Å². The van der Waals surface area contributed by atoms with Crippen LogP contribution in [0.5, 0.6) is 11.5 Å². The van der Waals surface area contributed by atoms with Crippen LogP contribution in [-0.2, 0) is 6.42 Å². The number of fused-ring (bicyclic) bond motifs is 2. The molecule has 0 atom stereocenters. The van der Waals surface area contributed by atoms with Crippen LogP contribution in [0.2, 0.25) is 0 Å². The summed E-state index contributed by atoms with van der Waals surface area (Å²) in [6, 6.07) is 4.54. The number of anilines is 2. The second-order valence-corrected chi connectivity index (χ2v) is 5.95. The Hall–Kier alpha value is -3.56. The van der Waals surface area contributed by atoms with Gasteiger partial charge in [0.1, 0.15) is 25.2 Å². The van der Waals surface area contributed by atoms with Gasteiger partial charge in [0.15, 0.2) is 11.5 Å². The van der Waals surface area contributed by atoms with E-state index in [0.717, 1.165) is 6.42 Å². The van der Waals surface area contributed by atoms with Crippen LogP contribution in [0.25, 0.3) is 5.78 Å². The number of hydrogen-bond acceptors (Lipinski definition) is 6. The van der Waals surface area contributed by atoms with Gasteiger partial charge < -0.3 is 20.1 Å². The molecule has 1 aliphatic heterocycles. The van der Waals surface area contributed by atoms with Crippen LogP contribution in [0.3, 0.4) is 0 Å². The molecule has 0 unspecified atom stereocenters. The molecular weight excluding hydrogens is 352 g/mol. The number of H-pyrrole nitrogens is 1. The van der Waals surface area contributed by atoms with Gasteiger partial charge in [-0.2, -0.15) is 4.52 Å². The number of ether oxygens (including phenoxy) is 2. The van der Waals surface area contributed by atoms with E-state index in [9.17, 15) is 9.59 Å². The van der Waals surface area contributed by atoms with E-state index in [4.69, 9.17) is 9.47 Å². The highest BCUT2D eigenvalue weighted by Crippen LogP contribution is 2.32. The molecule has 3 aromatic rings. The van der Waals surface area contributed by atoms with E-state index >= 15 is 0 Å². The second kappa shape index (κ2) is 6.98. The minimum Gasteiger partial charge on any atom is -0.486 e. The van der Waals surface area contributed by atoms with E-state index in [2.05, 4.69) is 25.7 Å². The zero-order valence-corrected chi connectivity index (χ0v) is 14.6. The molecule has 10 heteroatoms. The van der Waals surface area contributed by atoms with Gasteiger partial charge in [-0.15, -0.1) is 0 Å². The van der Waals surface area contributed by atoms with Gasteiger partial charge in [-0.05, 0) is 18.6 Å². The Morgan fingerprint density at radius 3 is 2.89 bits per heavy atom. The molecule has 1 aliphatic rings. The highest BCUT2D eigenvalue weighted by Gasteiger charge is 2.17. The monoisotopic (exact) mass is 370 g/mol. The van der Waals surface area contributed by atoms with Crippen molar-refractivity contribution in [2.75, 3.05) is 23.8 Å². The van der Waals surface area contributed by atoms with Crippen molar-refractivity contribution >= 4 is 23.2 Å². The van der Waals surface area contributed by atoms with Crippen molar-refractivity contribution in [3.05, 3.63) is 40.6 Å². The number of carbonyl (C=O) groups excluding carboxylic acids is 1. The van der Waals surface area contributed by atoms with E-state index in [0.29, 0.717) is 42.5 Å². The van der Waals surface area contributed by atoms with Crippen molar-refractivity contribution < 1.29 is 14.3 Å². The SMILES string of the molecule is CCCc1nc2nc[nH]n2c(=O)c1NC(=O)Nc1ccc2c(c1)OCCO2. The molecule has 0 saturated carbocycles. The molecule has 2 aromatic heterocycles. The molecule has 0 aliphatic carbocycles. The molecule has 3 N–H and O–H groups in total. The van der Waals surface area contributed by atoms with Gasteiger partial charge in [0.2, 0.25) is 0 Å².